The number of fused-ring (bicyclic) bond motifs is 1. The molecule has 0 bridgehead atoms. The number of hydrogen-bond donors (Lipinski definition) is 0. The summed E-state index contributed by atoms with van der Waals surface area (Å²) in [4.78, 5) is 1.91. The molecule has 0 spiro atoms. The molecule has 1 aromatic carbocycles. The van der Waals surface area contributed by atoms with Gasteiger partial charge in [0, 0.05) is 12.6 Å². The SMILES string of the molecule is FC(F)(F)CCN1CCC[C@H]1c1ccc2c(c1)OCO2. The number of benzene rings is 1. The highest BCUT2D eigenvalue weighted by atomic mass is 19.4. The van der Waals surface area contributed by atoms with Crippen LogP contribution in [0.3, 0.4) is 0 Å². The first kappa shape index (κ1) is 13.5. The monoisotopic (exact) mass is 287 g/mol. The average Bonchev–Trinajstić information content (AvgIpc) is 3.03. The van der Waals surface area contributed by atoms with Crippen LogP contribution in [0.15, 0.2) is 18.2 Å². The molecule has 1 atom stereocenters. The highest BCUT2D eigenvalue weighted by Crippen LogP contribution is 2.39. The summed E-state index contributed by atoms with van der Waals surface area (Å²) in [7, 11) is 0. The van der Waals surface area contributed by atoms with Crippen molar-refractivity contribution in [1.82, 2.24) is 4.90 Å². The molecule has 1 aromatic rings. The van der Waals surface area contributed by atoms with E-state index < -0.39 is 12.6 Å². The second-order valence-electron chi connectivity index (χ2n) is 5.17. The Labute approximate surface area is 115 Å². The second kappa shape index (κ2) is 5.16. The predicted molar refractivity (Wildman–Crippen MR) is 66.8 cm³/mol. The topological polar surface area (TPSA) is 21.7 Å². The van der Waals surface area contributed by atoms with Crippen molar-refractivity contribution in [2.45, 2.75) is 31.5 Å². The fraction of sp³-hybridized carbons (Fsp3) is 0.571. The minimum absolute atomic E-state index is 0.0480. The smallest absolute Gasteiger partial charge is 0.390 e. The van der Waals surface area contributed by atoms with Gasteiger partial charge >= 0.3 is 6.18 Å². The predicted octanol–water partition coefficient (Wildman–Crippen LogP) is 3.50. The molecule has 1 saturated heterocycles. The van der Waals surface area contributed by atoms with Gasteiger partial charge in [0.15, 0.2) is 11.5 Å². The minimum atomic E-state index is -4.10. The van der Waals surface area contributed by atoms with E-state index in [2.05, 4.69) is 0 Å². The van der Waals surface area contributed by atoms with Gasteiger partial charge in [0.1, 0.15) is 0 Å². The lowest BCUT2D eigenvalue weighted by molar-refractivity contribution is -0.138. The van der Waals surface area contributed by atoms with Crippen molar-refractivity contribution in [3.05, 3.63) is 23.8 Å². The summed E-state index contributed by atoms with van der Waals surface area (Å²) in [6.45, 7) is 0.985. The summed E-state index contributed by atoms with van der Waals surface area (Å²) in [6.07, 6.45) is -3.04. The summed E-state index contributed by atoms with van der Waals surface area (Å²) < 4.78 is 47.6. The summed E-state index contributed by atoms with van der Waals surface area (Å²) in [6, 6.07) is 5.69. The Hall–Kier alpha value is -1.43. The van der Waals surface area contributed by atoms with Crippen LogP contribution >= 0.6 is 0 Å². The number of nitrogens with zero attached hydrogens (tertiary/aromatic N) is 1. The molecule has 3 nitrogen and oxygen atoms in total. The molecule has 3 rings (SSSR count). The minimum Gasteiger partial charge on any atom is -0.454 e. The van der Waals surface area contributed by atoms with Crippen molar-refractivity contribution in [2.75, 3.05) is 19.9 Å². The third-order valence-corrected chi connectivity index (χ3v) is 3.83. The molecule has 20 heavy (non-hydrogen) atoms. The standard InChI is InChI=1S/C14H16F3NO2/c15-14(16,17)5-7-18-6-1-2-11(18)10-3-4-12-13(8-10)20-9-19-12/h3-4,8,11H,1-2,5-7,9H2/t11-/m0/s1. The first-order chi connectivity index (χ1) is 9.53. The summed E-state index contributed by atoms with van der Waals surface area (Å²) in [5.41, 5.74) is 1.01. The van der Waals surface area contributed by atoms with Crippen LogP contribution < -0.4 is 9.47 Å². The molecule has 0 N–H and O–H groups in total. The highest BCUT2D eigenvalue weighted by molar-refractivity contribution is 5.45. The van der Waals surface area contributed by atoms with Crippen molar-refractivity contribution in [3.8, 4) is 11.5 Å². The van der Waals surface area contributed by atoms with E-state index in [0.717, 1.165) is 24.9 Å². The molecule has 2 heterocycles. The molecule has 0 radical (unpaired) electrons. The van der Waals surface area contributed by atoms with E-state index in [-0.39, 0.29) is 19.4 Å². The van der Waals surface area contributed by atoms with Gasteiger partial charge in [-0.1, -0.05) is 6.07 Å². The Morgan fingerprint density at radius 1 is 1.20 bits per heavy atom. The molecule has 1 fully saturated rings. The van der Waals surface area contributed by atoms with Crippen LogP contribution in [-0.2, 0) is 0 Å². The maximum Gasteiger partial charge on any atom is 0.390 e. The third kappa shape index (κ3) is 2.85. The van der Waals surface area contributed by atoms with Crippen molar-refractivity contribution < 1.29 is 22.6 Å². The first-order valence-electron chi connectivity index (χ1n) is 6.73. The van der Waals surface area contributed by atoms with Gasteiger partial charge in [-0.15, -0.1) is 0 Å². The number of likely N-dealkylation sites (tertiary alicyclic amines) is 1. The van der Waals surface area contributed by atoms with E-state index in [1.807, 2.05) is 23.1 Å². The van der Waals surface area contributed by atoms with Gasteiger partial charge in [-0.05, 0) is 37.1 Å². The fourth-order valence-corrected chi connectivity index (χ4v) is 2.86. The van der Waals surface area contributed by atoms with Gasteiger partial charge in [0.2, 0.25) is 6.79 Å². The number of rotatable bonds is 3. The van der Waals surface area contributed by atoms with Gasteiger partial charge in [-0.2, -0.15) is 13.2 Å². The van der Waals surface area contributed by atoms with Crippen LogP contribution in [0, 0.1) is 0 Å². The molecular formula is C14H16F3NO2. The Bertz CT molecular complexity index is 490. The molecule has 110 valence electrons. The van der Waals surface area contributed by atoms with E-state index in [1.54, 1.807) is 0 Å². The maximum atomic E-state index is 12.4. The zero-order valence-electron chi connectivity index (χ0n) is 10.9. The quantitative estimate of drug-likeness (QED) is 0.849. The van der Waals surface area contributed by atoms with Crippen LogP contribution in [0.25, 0.3) is 0 Å². The van der Waals surface area contributed by atoms with Crippen molar-refractivity contribution >= 4 is 0 Å². The van der Waals surface area contributed by atoms with E-state index in [4.69, 9.17) is 9.47 Å². The molecule has 0 amide bonds. The number of hydrogen-bond acceptors (Lipinski definition) is 3. The normalized spacial score (nSPS) is 22.4. The molecule has 2 aliphatic heterocycles. The first-order valence-corrected chi connectivity index (χ1v) is 6.73. The average molecular weight is 287 g/mol. The lowest BCUT2D eigenvalue weighted by Gasteiger charge is -2.25. The molecule has 0 saturated carbocycles. The van der Waals surface area contributed by atoms with E-state index in [0.29, 0.717) is 11.5 Å². The molecule has 0 unspecified atom stereocenters. The van der Waals surface area contributed by atoms with Gasteiger partial charge in [-0.3, -0.25) is 4.90 Å². The van der Waals surface area contributed by atoms with Crippen molar-refractivity contribution in [2.24, 2.45) is 0 Å². The lowest BCUT2D eigenvalue weighted by atomic mass is 10.0. The summed E-state index contributed by atoms with van der Waals surface area (Å²) in [5, 5.41) is 0. The van der Waals surface area contributed by atoms with Crippen LogP contribution in [0.2, 0.25) is 0 Å². The molecule has 0 aromatic heterocycles. The zero-order chi connectivity index (χ0) is 14.2. The Morgan fingerprint density at radius 2 is 2.00 bits per heavy atom. The van der Waals surface area contributed by atoms with E-state index >= 15 is 0 Å². The van der Waals surface area contributed by atoms with Gasteiger partial charge < -0.3 is 9.47 Å². The van der Waals surface area contributed by atoms with Crippen LogP contribution in [0.4, 0.5) is 13.2 Å². The summed E-state index contributed by atoms with van der Waals surface area (Å²) in [5.74, 6) is 1.39. The zero-order valence-corrected chi connectivity index (χ0v) is 10.9. The van der Waals surface area contributed by atoms with Gasteiger partial charge in [-0.25, -0.2) is 0 Å². The van der Waals surface area contributed by atoms with E-state index in [1.165, 1.54) is 0 Å². The molecule has 0 aliphatic carbocycles. The molecule has 6 heteroatoms. The van der Waals surface area contributed by atoms with Gasteiger partial charge in [0.05, 0.1) is 6.42 Å². The van der Waals surface area contributed by atoms with Crippen LogP contribution in [-0.4, -0.2) is 31.0 Å². The van der Waals surface area contributed by atoms with Crippen LogP contribution in [0.1, 0.15) is 30.9 Å². The number of alkyl halides is 3. The molecule has 2 aliphatic rings. The van der Waals surface area contributed by atoms with Crippen LogP contribution in [0.5, 0.6) is 11.5 Å². The number of ether oxygens (including phenoxy) is 2. The van der Waals surface area contributed by atoms with Crippen molar-refractivity contribution in [1.29, 1.82) is 0 Å². The molecular weight excluding hydrogens is 271 g/mol. The Kier molecular flexibility index (Phi) is 3.50. The number of halogens is 3. The highest BCUT2D eigenvalue weighted by Gasteiger charge is 2.32. The maximum absolute atomic E-state index is 12.4. The fourth-order valence-electron chi connectivity index (χ4n) is 2.86. The lowest BCUT2D eigenvalue weighted by Crippen LogP contribution is -2.28. The summed E-state index contributed by atoms with van der Waals surface area (Å²) >= 11 is 0. The van der Waals surface area contributed by atoms with Crippen molar-refractivity contribution in [3.63, 3.8) is 0 Å². The third-order valence-electron chi connectivity index (χ3n) is 3.83. The second-order valence-corrected chi connectivity index (χ2v) is 5.17. The largest absolute Gasteiger partial charge is 0.454 e. The Balaban J connectivity index is 1.72. The van der Waals surface area contributed by atoms with Gasteiger partial charge in [0.25, 0.3) is 0 Å². The Morgan fingerprint density at radius 3 is 2.80 bits per heavy atom. The van der Waals surface area contributed by atoms with E-state index in [9.17, 15) is 13.2 Å².